The van der Waals surface area contributed by atoms with Crippen LogP contribution in [0.3, 0.4) is 0 Å². The van der Waals surface area contributed by atoms with Gasteiger partial charge in [0.25, 0.3) is 0 Å². The van der Waals surface area contributed by atoms with Crippen molar-refractivity contribution in [3.05, 3.63) is 35.4 Å². The highest BCUT2D eigenvalue weighted by molar-refractivity contribution is 7.88. The highest BCUT2D eigenvalue weighted by atomic mass is 32.2. The number of hydrogen-bond acceptors (Lipinski definition) is 6. The second-order valence-electron chi connectivity index (χ2n) is 14.3. The summed E-state index contributed by atoms with van der Waals surface area (Å²) in [4.78, 5) is 21.1. The average molecular weight is 637 g/mol. The second kappa shape index (κ2) is 13.2. The number of carbonyl (C=O) groups is 1. The lowest BCUT2D eigenvalue weighted by Gasteiger charge is -2.45. The van der Waals surface area contributed by atoms with Gasteiger partial charge in [-0.15, -0.1) is 0 Å². The zero-order valence-electron chi connectivity index (χ0n) is 26.5. The Balaban J connectivity index is 1.17. The van der Waals surface area contributed by atoms with Gasteiger partial charge in [-0.1, -0.05) is 25.3 Å². The lowest BCUT2D eigenvalue weighted by Crippen LogP contribution is -2.58. The van der Waals surface area contributed by atoms with Crippen LogP contribution in [0, 0.1) is 23.5 Å². The molecule has 2 aliphatic carbocycles. The van der Waals surface area contributed by atoms with Gasteiger partial charge in [0.2, 0.25) is 15.9 Å². The topological polar surface area (TPSA) is 73.4 Å². The fraction of sp³-hybridized carbons (Fsp3) is 0.788. The monoisotopic (exact) mass is 636 g/mol. The molecule has 5 fully saturated rings. The number of likely N-dealkylation sites (tertiary alicyclic amines) is 1. The van der Waals surface area contributed by atoms with Crippen molar-refractivity contribution < 1.29 is 26.7 Å². The number of piperazine rings is 1. The Hall–Kier alpha value is -1.66. The first-order valence-electron chi connectivity index (χ1n) is 16.8. The predicted octanol–water partition coefficient (Wildman–Crippen LogP) is 4.06. The summed E-state index contributed by atoms with van der Waals surface area (Å²) >= 11 is 0. The fourth-order valence-electron chi connectivity index (χ4n) is 9.08. The van der Waals surface area contributed by atoms with Gasteiger partial charge in [-0.25, -0.2) is 17.2 Å². The minimum absolute atomic E-state index is 0.0654. The Morgan fingerprint density at radius 2 is 1.75 bits per heavy atom. The van der Waals surface area contributed by atoms with Crippen molar-refractivity contribution in [3.63, 3.8) is 0 Å². The van der Waals surface area contributed by atoms with E-state index in [9.17, 15) is 17.6 Å². The van der Waals surface area contributed by atoms with Crippen molar-refractivity contribution in [1.82, 2.24) is 19.0 Å². The maximum absolute atomic E-state index is 15.1. The second-order valence-corrected chi connectivity index (χ2v) is 16.2. The molecule has 6 rings (SSSR count). The SMILES string of the molecule is CC(C)N(CC(C1CCCCC1)N1CCN(C(=O)[C@@H]2CC(N3CC4C[C@@H]3CO4)C[C@H]2c2ccc(F)cc2F)CC1)S(C)(=O)=O. The van der Waals surface area contributed by atoms with Crippen LogP contribution in [-0.4, -0.2) is 116 Å². The molecule has 0 N–H and O–H groups in total. The van der Waals surface area contributed by atoms with Crippen molar-refractivity contribution in [3.8, 4) is 0 Å². The molecular formula is C33H50F2N4O4S. The number of hydrogen-bond donors (Lipinski definition) is 0. The van der Waals surface area contributed by atoms with Gasteiger partial charge in [0.15, 0.2) is 0 Å². The average Bonchev–Trinajstić information content (AvgIpc) is 3.74. The summed E-state index contributed by atoms with van der Waals surface area (Å²) in [5.41, 5.74) is 0.443. The smallest absolute Gasteiger partial charge is 0.226 e. The number of benzene rings is 1. The van der Waals surface area contributed by atoms with Gasteiger partial charge in [0.1, 0.15) is 11.6 Å². The lowest BCUT2D eigenvalue weighted by molar-refractivity contribution is -0.138. The highest BCUT2D eigenvalue weighted by Crippen LogP contribution is 2.46. The molecule has 2 saturated carbocycles. The van der Waals surface area contributed by atoms with E-state index in [1.54, 1.807) is 4.31 Å². The number of morpholine rings is 1. The van der Waals surface area contributed by atoms with Crippen molar-refractivity contribution in [2.75, 3.05) is 52.1 Å². The minimum atomic E-state index is -3.35. The van der Waals surface area contributed by atoms with Crippen molar-refractivity contribution in [1.29, 1.82) is 0 Å². The molecule has 2 bridgehead atoms. The lowest BCUT2D eigenvalue weighted by atomic mass is 9.82. The van der Waals surface area contributed by atoms with Crippen LogP contribution < -0.4 is 0 Å². The summed E-state index contributed by atoms with van der Waals surface area (Å²) < 4.78 is 61.9. The molecule has 3 aliphatic heterocycles. The first-order valence-corrected chi connectivity index (χ1v) is 18.7. The van der Waals surface area contributed by atoms with Crippen LogP contribution in [0.4, 0.5) is 8.78 Å². The van der Waals surface area contributed by atoms with E-state index in [0.717, 1.165) is 31.9 Å². The third-order valence-corrected chi connectivity index (χ3v) is 12.7. The zero-order valence-corrected chi connectivity index (χ0v) is 27.4. The van der Waals surface area contributed by atoms with E-state index in [1.807, 2.05) is 18.7 Å². The van der Waals surface area contributed by atoms with E-state index in [1.165, 1.54) is 37.7 Å². The Kier molecular flexibility index (Phi) is 9.70. The maximum atomic E-state index is 15.1. The molecule has 6 atom stereocenters. The summed E-state index contributed by atoms with van der Waals surface area (Å²) in [7, 11) is -3.35. The maximum Gasteiger partial charge on any atom is 0.226 e. The first kappa shape index (κ1) is 32.3. The number of ether oxygens (including phenoxy) is 1. The van der Waals surface area contributed by atoms with E-state index >= 15 is 4.39 Å². The van der Waals surface area contributed by atoms with Crippen molar-refractivity contribution in [2.24, 2.45) is 11.8 Å². The van der Waals surface area contributed by atoms with Gasteiger partial charge in [-0.3, -0.25) is 14.6 Å². The molecule has 0 radical (unpaired) electrons. The summed E-state index contributed by atoms with van der Waals surface area (Å²) in [6, 6.07) is 4.32. The third-order valence-electron chi connectivity index (χ3n) is 11.3. The molecule has 3 heterocycles. The van der Waals surface area contributed by atoms with E-state index in [-0.39, 0.29) is 42.0 Å². The van der Waals surface area contributed by atoms with Gasteiger partial charge < -0.3 is 9.64 Å². The molecule has 3 saturated heterocycles. The molecule has 1 amide bonds. The largest absolute Gasteiger partial charge is 0.375 e. The molecule has 246 valence electrons. The quantitative estimate of drug-likeness (QED) is 0.407. The van der Waals surface area contributed by atoms with Crippen molar-refractivity contribution in [2.45, 2.75) is 101 Å². The van der Waals surface area contributed by atoms with Crippen LogP contribution in [0.5, 0.6) is 0 Å². The van der Waals surface area contributed by atoms with Gasteiger partial charge in [-0.2, -0.15) is 4.31 Å². The van der Waals surface area contributed by atoms with Crippen LogP contribution in [0.2, 0.25) is 0 Å². The number of rotatable bonds is 9. The molecule has 1 aromatic carbocycles. The first-order chi connectivity index (χ1) is 21.0. The molecule has 8 nitrogen and oxygen atoms in total. The summed E-state index contributed by atoms with van der Waals surface area (Å²) in [5, 5.41) is 0. The van der Waals surface area contributed by atoms with E-state index < -0.39 is 21.7 Å². The summed E-state index contributed by atoms with van der Waals surface area (Å²) in [5.74, 6) is -1.32. The van der Waals surface area contributed by atoms with Gasteiger partial charge in [0.05, 0.1) is 19.0 Å². The molecule has 11 heteroatoms. The molecular weight excluding hydrogens is 586 g/mol. The van der Waals surface area contributed by atoms with Crippen molar-refractivity contribution >= 4 is 15.9 Å². The molecule has 0 aromatic heterocycles. The number of amides is 1. The summed E-state index contributed by atoms with van der Waals surface area (Å²) in [6.45, 7) is 8.46. The molecule has 5 aliphatic rings. The molecule has 0 spiro atoms. The predicted molar refractivity (Wildman–Crippen MR) is 166 cm³/mol. The fourth-order valence-corrected chi connectivity index (χ4v) is 10.3. The number of halogens is 2. The normalized spacial score (nSPS) is 31.4. The third kappa shape index (κ3) is 6.73. The van der Waals surface area contributed by atoms with E-state index in [2.05, 4.69) is 9.80 Å². The van der Waals surface area contributed by atoms with E-state index in [0.29, 0.717) is 69.7 Å². The number of carbonyl (C=O) groups excluding carboxylic acids is 1. The molecule has 1 aromatic rings. The van der Waals surface area contributed by atoms with E-state index in [4.69, 9.17) is 4.74 Å². The standard InChI is InChI=1S/C33H50F2N4O4S/c1-22(2)39(44(3,41)42)20-32(23-7-5-4-6-8-23)36-11-13-37(14-12-36)33(40)30-18-25(38-19-27-16-26(38)21-43-27)17-29(30)28-10-9-24(34)15-31(28)35/h9-10,15,22-23,25-27,29-30,32H,4-8,11-14,16-21H2,1-3H3/t25?,26-,27?,29+,30-,32?/m1/s1. The Morgan fingerprint density at radius 3 is 2.34 bits per heavy atom. The minimum Gasteiger partial charge on any atom is -0.375 e. The number of fused-ring (bicyclic) bond motifs is 2. The number of nitrogens with zero attached hydrogens (tertiary/aromatic N) is 4. The van der Waals surface area contributed by atoms with Crippen LogP contribution in [0.25, 0.3) is 0 Å². The van der Waals surface area contributed by atoms with Crippen LogP contribution in [0.15, 0.2) is 18.2 Å². The van der Waals surface area contributed by atoms with Gasteiger partial charge >= 0.3 is 0 Å². The molecule has 3 unspecified atom stereocenters. The zero-order chi connectivity index (χ0) is 31.2. The van der Waals surface area contributed by atoms with Gasteiger partial charge in [0, 0.05) is 75.4 Å². The Labute approximate surface area is 262 Å². The van der Waals surface area contributed by atoms with Crippen LogP contribution in [-0.2, 0) is 19.6 Å². The summed E-state index contributed by atoms with van der Waals surface area (Å²) in [6.07, 6.45) is 9.72. The number of sulfonamides is 1. The van der Waals surface area contributed by atoms with Crippen LogP contribution >= 0.6 is 0 Å². The van der Waals surface area contributed by atoms with Crippen LogP contribution in [0.1, 0.15) is 76.7 Å². The van der Waals surface area contributed by atoms with Gasteiger partial charge in [-0.05, 0) is 69.4 Å². The highest BCUT2D eigenvalue weighted by Gasteiger charge is 2.49. The Morgan fingerprint density at radius 1 is 1.02 bits per heavy atom. The Bertz CT molecular complexity index is 1280. The molecule has 44 heavy (non-hydrogen) atoms.